The van der Waals surface area contributed by atoms with Gasteiger partial charge in [0.1, 0.15) is 0 Å². The molecule has 0 saturated heterocycles. The zero-order chi connectivity index (χ0) is 56.0. The average molecular weight is 1050 g/mol. The van der Waals surface area contributed by atoms with Gasteiger partial charge in [0.15, 0.2) is 23.0 Å². The lowest BCUT2D eigenvalue weighted by Gasteiger charge is -2.31. The number of rotatable bonds is 8. The van der Waals surface area contributed by atoms with E-state index in [-0.39, 0.29) is 16.2 Å². The van der Waals surface area contributed by atoms with Gasteiger partial charge in [0.2, 0.25) is 0 Å². The summed E-state index contributed by atoms with van der Waals surface area (Å²) in [7, 11) is 0. The molecule has 4 nitrogen and oxygen atoms in total. The molecule has 1 aliphatic heterocycles. The molecule has 81 heavy (non-hydrogen) atoms. The van der Waals surface area contributed by atoms with Crippen molar-refractivity contribution in [3.05, 3.63) is 253 Å². The number of hydrogen-bond acceptors (Lipinski definition) is 4. The molecule has 0 aliphatic carbocycles. The fraction of sp³-hybridized carbons (Fsp3) is 0.169. The van der Waals surface area contributed by atoms with E-state index in [0.717, 1.165) is 99.5 Å². The van der Waals surface area contributed by atoms with Crippen molar-refractivity contribution in [1.29, 1.82) is 0 Å². The van der Waals surface area contributed by atoms with E-state index in [1.165, 1.54) is 22.3 Å². The topological polar surface area (TPSA) is 24.9 Å². The van der Waals surface area contributed by atoms with Crippen LogP contribution < -0.4 is 19.3 Å². The molecule has 0 fully saturated rings. The Morgan fingerprint density at radius 2 is 0.531 bits per heavy atom. The highest BCUT2D eigenvalue weighted by molar-refractivity contribution is 6.24. The van der Waals surface area contributed by atoms with E-state index in [2.05, 4.69) is 310 Å². The smallest absolute Gasteiger partial charge is 0.170 e. The van der Waals surface area contributed by atoms with E-state index in [4.69, 9.17) is 9.47 Å². The first-order valence-corrected chi connectivity index (χ1v) is 28.5. The van der Waals surface area contributed by atoms with Crippen LogP contribution in [-0.4, -0.2) is 0 Å². The Morgan fingerprint density at radius 1 is 0.272 bits per heavy atom. The zero-order valence-electron chi connectivity index (χ0n) is 48.2. The van der Waals surface area contributed by atoms with Crippen LogP contribution >= 0.6 is 0 Å². The summed E-state index contributed by atoms with van der Waals surface area (Å²) in [4.78, 5) is 4.89. The summed E-state index contributed by atoms with van der Waals surface area (Å²) in [5, 5.41) is 9.25. The number of aryl methyl sites for hydroxylation is 1. The summed E-state index contributed by atoms with van der Waals surface area (Å²) >= 11 is 0. The van der Waals surface area contributed by atoms with Gasteiger partial charge < -0.3 is 19.3 Å². The third-order valence-corrected chi connectivity index (χ3v) is 16.4. The molecule has 1 aliphatic rings. The van der Waals surface area contributed by atoms with Gasteiger partial charge in [0, 0.05) is 44.3 Å². The van der Waals surface area contributed by atoms with Crippen molar-refractivity contribution in [1.82, 2.24) is 0 Å². The highest BCUT2D eigenvalue weighted by Gasteiger charge is 2.28. The molecule has 0 radical (unpaired) electrons. The predicted molar refractivity (Wildman–Crippen MR) is 344 cm³/mol. The van der Waals surface area contributed by atoms with Gasteiger partial charge in [0.05, 0.1) is 11.4 Å². The van der Waals surface area contributed by atoms with Gasteiger partial charge in [0.25, 0.3) is 0 Å². The summed E-state index contributed by atoms with van der Waals surface area (Å²) in [6.45, 7) is 22.6. The Morgan fingerprint density at radius 3 is 0.802 bits per heavy atom. The van der Waals surface area contributed by atoms with Crippen molar-refractivity contribution < 1.29 is 9.47 Å². The average Bonchev–Trinajstić information content (AvgIpc) is 3.65. The highest BCUT2D eigenvalue weighted by atomic mass is 16.6. The van der Waals surface area contributed by atoms with Crippen LogP contribution in [0.15, 0.2) is 231 Å². The molecule has 1 heterocycles. The SMILES string of the molecule is Cc1ccc(N(c2ccc(C(C)(C)C)cc2)c2c3ccccc3c(-c3ccc4c(c3)Oc3ccc(-c5c6ccccc6c(N(c6ccc(C(C)(C)C)cc6)c6ccc(C(C)(C)C)cc6)c6ccccc56)cc3O4)c3ccccc23)cc1. The maximum absolute atomic E-state index is 6.92. The third kappa shape index (κ3) is 9.23. The molecule has 13 rings (SSSR count). The number of anilines is 6. The fourth-order valence-electron chi connectivity index (χ4n) is 12.0. The summed E-state index contributed by atoms with van der Waals surface area (Å²) in [5.41, 5.74) is 16.3. The van der Waals surface area contributed by atoms with E-state index in [0.29, 0.717) is 23.0 Å². The largest absolute Gasteiger partial charge is 0.449 e. The fourth-order valence-corrected chi connectivity index (χ4v) is 12.0. The maximum Gasteiger partial charge on any atom is 0.170 e. The minimum Gasteiger partial charge on any atom is -0.449 e. The summed E-state index contributed by atoms with van der Waals surface area (Å²) in [6.07, 6.45) is 0. The molecule has 0 aromatic heterocycles. The molecule has 0 N–H and O–H groups in total. The van der Waals surface area contributed by atoms with E-state index in [1.807, 2.05) is 0 Å². The number of hydrogen-bond donors (Lipinski definition) is 0. The maximum atomic E-state index is 6.92. The first-order chi connectivity index (χ1) is 39.0. The first-order valence-electron chi connectivity index (χ1n) is 28.5. The second-order valence-electron chi connectivity index (χ2n) is 25.1. The number of nitrogens with zero attached hydrogens (tertiary/aromatic N) is 2. The molecule has 0 amide bonds. The van der Waals surface area contributed by atoms with Gasteiger partial charge in [-0.2, -0.15) is 0 Å². The Hall–Kier alpha value is -9.12. The number of benzene rings is 12. The second kappa shape index (κ2) is 19.6. The van der Waals surface area contributed by atoms with Crippen LogP contribution in [-0.2, 0) is 16.2 Å². The lowest BCUT2D eigenvalue weighted by atomic mass is 9.86. The Labute approximate surface area is 477 Å². The molecule has 12 aromatic carbocycles. The molecule has 398 valence electrons. The van der Waals surface area contributed by atoms with E-state index >= 15 is 0 Å². The molecule has 0 spiro atoms. The Kier molecular flexibility index (Phi) is 12.4. The van der Waals surface area contributed by atoms with E-state index < -0.39 is 0 Å². The normalized spacial score (nSPS) is 12.5. The molecule has 0 saturated carbocycles. The van der Waals surface area contributed by atoms with Crippen molar-refractivity contribution in [3.8, 4) is 45.3 Å². The van der Waals surface area contributed by atoms with Crippen LogP contribution in [0.4, 0.5) is 34.1 Å². The molecule has 0 bridgehead atoms. The lowest BCUT2D eigenvalue weighted by molar-refractivity contribution is 0.360. The monoisotopic (exact) mass is 1050 g/mol. The molecule has 4 heteroatoms. The van der Waals surface area contributed by atoms with Crippen LogP contribution in [0.5, 0.6) is 23.0 Å². The first kappa shape index (κ1) is 51.3. The molecule has 12 aromatic rings. The third-order valence-electron chi connectivity index (χ3n) is 16.4. The lowest BCUT2D eigenvalue weighted by Crippen LogP contribution is -2.15. The van der Waals surface area contributed by atoms with Gasteiger partial charge in [-0.25, -0.2) is 0 Å². The molecular weight excluding hydrogens is 985 g/mol. The standard InChI is InChI=1S/C77H68N2O2/c1-49-27-37-55(38-28-49)78(56-39-31-52(32-40-56)75(2,3)4)73-63-23-15-11-19-59(63)71(60-20-12-16-24-64(60)73)50-29-45-67-69(47-50)80-68-46-30-51(48-70(68)81-67)72-61-21-13-17-25-65(61)74(66-26-18-14-22-62(66)72)79(57-41-33-53(34-42-57)76(5,6)7)58-43-35-54(36-44-58)77(8,9)10/h11-48H,1-10H3. The zero-order valence-corrected chi connectivity index (χ0v) is 48.2. The van der Waals surface area contributed by atoms with Gasteiger partial charge in [-0.1, -0.05) is 226 Å². The molecule has 0 atom stereocenters. The Balaban J connectivity index is 0.907. The predicted octanol–water partition coefficient (Wildman–Crippen LogP) is 22.7. The van der Waals surface area contributed by atoms with Crippen LogP contribution in [0.3, 0.4) is 0 Å². The Bertz CT molecular complexity index is 4210. The minimum absolute atomic E-state index is 0.0257. The van der Waals surface area contributed by atoms with Crippen molar-refractivity contribution in [2.45, 2.75) is 85.5 Å². The number of fused-ring (bicyclic) bond motifs is 6. The van der Waals surface area contributed by atoms with Gasteiger partial charge in [-0.3, -0.25) is 0 Å². The minimum atomic E-state index is 0.0257. The van der Waals surface area contributed by atoms with Crippen LogP contribution in [0, 0.1) is 6.92 Å². The van der Waals surface area contributed by atoms with Crippen molar-refractivity contribution >= 4 is 77.2 Å². The van der Waals surface area contributed by atoms with Crippen molar-refractivity contribution in [2.75, 3.05) is 9.80 Å². The summed E-state index contributed by atoms with van der Waals surface area (Å²) in [6, 6.07) is 84.5. The van der Waals surface area contributed by atoms with Gasteiger partial charge in [-0.05, 0) is 156 Å². The molecular formula is C77H68N2O2. The highest BCUT2D eigenvalue weighted by Crippen LogP contribution is 2.54. The molecule has 0 unspecified atom stereocenters. The summed E-state index contributed by atoms with van der Waals surface area (Å²) in [5.74, 6) is 2.70. The van der Waals surface area contributed by atoms with Crippen LogP contribution in [0.1, 0.15) is 84.6 Å². The van der Waals surface area contributed by atoms with E-state index in [9.17, 15) is 0 Å². The van der Waals surface area contributed by atoms with Crippen molar-refractivity contribution in [3.63, 3.8) is 0 Å². The van der Waals surface area contributed by atoms with E-state index in [1.54, 1.807) is 0 Å². The van der Waals surface area contributed by atoms with Crippen LogP contribution in [0.2, 0.25) is 0 Å². The van der Waals surface area contributed by atoms with Gasteiger partial charge >= 0.3 is 0 Å². The number of ether oxygens (including phenoxy) is 2. The summed E-state index contributed by atoms with van der Waals surface area (Å²) < 4.78 is 13.8. The second-order valence-corrected chi connectivity index (χ2v) is 25.1. The van der Waals surface area contributed by atoms with Gasteiger partial charge in [-0.15, -0.1) is 0 Å². The van der Waals surface area contributed by atoms with Crippen molar-refractivity contribution in [2.24, 2.45) is 0 Å². The van der Waals surface area contributed by atoms with Crippen LogP contribution in [0.25, 0.3) is 65.3 Å². The quantitative estimate of drug-likeness (QED) is 0.142.